The molecular formula is C14H16F2O. The van der Waals surface area contributed by atoms with Gasteiger partial charge in [0.05, 0.1) is 5.56 Å². The Bertz CT molecular complexity index is 452. The Morgan fingerprint density at radius 3 is 2.59 bits per heavy atom. The van der Waals surface area contributed by atoms with Crippen molar-refractivity contribution >= 4 is 5.78 Å². The van der Waals surface area contributed by atoms with Crippen LogP contribution in [-0.2, 0) is 0 Å². The lowest BCUT2D eigenvalue weighted by Crippen LogP contribution is -2.26. The maximum absolute atomic E-state index is 13.5. The van der Waals surface area contributed by atoms with Gasteiger partial charge in [0.1, 0.15) is 11.6 Å². The third-order valence-corrected chi connectivity index (χ3v) is 3.77. The van der Waals surface area contributed by atoms with Gasteiger partial charge in [0, 0.05) is 12.0 Å². The summed E-state index contributed by atoms with van der Waals surface area (Å²) < 4.78 is 26.3. The largest absolute Gasteiger partial charge is 0.294 e. The number of carbonyl (C=O) groups is 1. The van der Waals surface area contributed by atoms with Gasteiger partial charge in [-0.15, -0.1) is 0 Å². The van der Waals surface area contributed by atoms with E-state index in [1.165, 1.54) is 6.07 Å². The van der Waals surface area contributed by atoms with Crippen molar-refractivity contribution in [3.8, 4) is 0 Å². The molecule has 3 heteroatoms. The smallest absolute Gasteiger partial charge is 0.169 e. The highest BCUT2D eigenvalue weighted by Crippen LogP contribution is 2.44. The van der Waals surface area contributed by atoms with Crippen LogP contribution in [0.25, 0.3) is 0 Å². The molecule has 0 amide bonds. The molecule has 0 saturated heterocycles. The topological polar surface area (TPSA) is 17.1 Å². The van der Waals surface area contributed by atoms with E-state index in [0.29, 0.717) is 0 Å². The molecule has 2 rings (SSSR count). The molecule has 0 heterocycles. The fourth-order valence-corrected chi connectivity index (χ4v) is 2.69. The van der Waals surface area contributed by atoms with Gasteiger partial charge in [0.25, 0.3) is 0 Å². The SMILES string of the molecule is CC1(C)CCCC1C(=O)c1ccc(F)cc1F. The number of hydrogen-bond acceptors (Lipinski definition) is 1. The van der Waals surface area contributed by atoms with Gasteiger partial charge in [-0.1, -0.05) is 20.3 Å². The molecule has 0 bridgehead atoms. The highest BCUT2D eigenvalue weighted by molar-refractivity contribution is 5.98. The number of ketones is 1. The number of Topliss-reactive ketones (excluding diaryl/α,β-unsaturated/α-hetero) is 1. The van der Waals surface area contributed by atoms with Gasteiger partial charge in [0.15, 0.2) is 5.78 Å². The van der Waals surface area contributed by atoms with Crippen molar-refractivity contribution in [1.82, 2.24) is 0 Å². The van der Waals surface area contributed by atoms with Gasteiger partial charge in [0.2, 0.25) is 0 Å². The predicted molar refractivity (Wildman–Crippen MR) is 61.8 cm³/mol. The van der Waals surface area contributed by atoms with Crippen LogP contribution in [0.15, 0.2) is 18.2 Å². The minimum atomic E-state index is -0.752. The summed E-state index contributed by atoms with van der Waals surface area (Å²) in [4.78, 5) is 12.2. The number of rotatable bonds is 2. The lowest BCUT2D eigenvalue weighted by Gasteiger charge is -2.25. The molecule has 1 saturated carbocycles. The molecule has 1 fully saturated rings. The molecule has 1 aliphatic carbocycles. The molecule has 0 spiro atoms. The van der Waals surface area contributed by atoms with E-state index in [1.54, 1.807) is 0 Å². The summed E-state index contributed by atoms with van der Waals surface area (Å²) in [6.45, 7) is 4.06. The van der Waals surface area contributed by atoms with E-state index in [0.717, 1.165) is 31.4 Å². The summed E-state index contributed by atoms with van der Waals surface area (Å²) >= 11 is 0. The van der Waals surface area contributed by atoms with Crippen molar-refractivity contribution in [3.05, 3.63) is 35.4 Å². The highest BCUT2D eigenvalue weighted by atomic mass is 19.1. The molecule has 0 N–H and O–H groups in total. The molecule has 0 aromatic heterocycles. The number of benzene rings is 1. The van der Waals surface area contributed by atoms with Gasteiger partial charge in [-0.2, -0.15) is 0 Å². The van der Waals surface area contributed by atoms with Crippen LogP contribution in [0.4, 0.5) is 8.78 Å². The molecule has 1 nitrogen and oxygen atoms in total. The Hall–Kier alpha value is -1.25. The third-order valence-electron chi connectivity index (χ3n) is 3.77. The zero-order chi connectivity index (χ0) is 12.6. The van der Waals surface area contributed by atoms with Crippen molar-refractivity contribution in [2.45, 2.75) is 33.1 Å². The second-order valence-electron chi connectivity index (χ2n) is 5.42. The van der Waals surface area contributed by atoms with E-state index >= 15 is 0 Å². The van der Waals surface area contributed by atoms with Crippen LogP contribution in [-0.4, -0.2) is 5.78 Å². The first-order chi connectivity index (χ1) is 7.92. The Morgan fingerprint density at radius 2 is 2.06 bits per heavy atom. The average Bonchev–Trinajstić information content (AvgIpc) is 2.57. The Morgan fingerprint density at radius 1 is 1.35 bits per heavy atom. The summed E-state index contributed by atoms with van der Waals surface area (Å²) in [6, 6.07) is 3.16. The summed E-state index contributed by atoms with van der Waals surface area (Å²) in [6.07, 6.45) is 2.76. The van der Waals surface area contributed by atoms with Crippen molar-refractivity contribution in [2.75, 3.05) is 0 Å². The van der Waals surface area contributed by atoms with Crippen LogP contribution in [0.1, 0.15) is 43.5 Å². The van der Waals surface area contributed by atoms with Crippen molar-refractivity contribution in [2.24, 2.45) is 11.3 Å². The van der Waals surface area contributed by atoms with Gasteiger partial charge in [-0.3, -0.25) is 4.79 Å². The van der Waals surface area contributed by atoms with E-state index in [2.05, 4.69) is 0 Å². The molecule has 1 aliphatic rings. The second kappa shape index (κ2) is 4.21. The Balaban J connectivity index is 2.31. The Labute approximate surface area is 99.8 Å². The van der Waals surface area contributed by atoms with Crippen molar-refractivity contribution in [3.63, 3.8) is 0 Å². The van der Waals surface area contributed by atoms with E-state index in [4.69, 9.17) is 0 Å². The minimum absolute atomic E-state index is 0.0198. The summed E-state index contributed by atoms with van der Waals surface area (Å²) in [5.74, 6) is -1.74. The number of hydrogen-bond donors (Lipinski definition) is 0. The van der Waals surface area contributed by atoms with Crippen LogP contribution in [0.3, 0.4) is 0 Å². The van der Waals surface area contributed by atoms with Gasteiger partial charge < -0.3 is 0 Å². The van der Waals surface area contributed by atoms with Crippen LogP contribution in [0.2, 0.25) is 0 Å². The number of carbonyl (C=O) groups excluding carboxylic acids is 1. The van der Waals surface area contributed by atoms with Crippen molar-refractivity contribution < 1.29 is 13.6 Å². The van der Waals surface area contributed by atoms with Crippen LogP contribution in [0.5, 0.6) is 0 Å². The highest BCUT2D eigenvalue weighted by Gasteiger charge is 2.40. The fraction of sp³-hybridized carbons (Fsp3) is 0.500. The fourth-order valence-electron chi connectivity index (χ4n) is 2.69. The zero-order valence-corrected chi connectivity index (χ0v) is 10.1. The van der Waals surface area contributed by atoms with Crippen molar-refractivity contribution in [1.29, 1.82) is 0 Å². The van der Waals surface area contributed by atoms with Crippen LogP contribution < -0.4 is 0 Å². The monoisotopic (exact) mass is 238 g/mol. The maximum Gasteiger partial charge on any atom is 0.169 e. The summed E-state index contributed by atoms with van der Waals surface area (Å²) in [5.41, 5.74) is -0.0656. The summed E-state index contributed by atoms with van der Waals surface area (Å²) in [7, 11) is 0. The standard InChI is InChI=1S/C14H16F2O/c1-14(2)7-3-4-11(14)13(17)10-6-5-9(15)8-12(10)16/h5-6,8,11H,3-4,7H2,1-2H3. The first kappa shape index (κ1) is 12.2. The molecule has 92 valence electrons. The van der Waals surface area contributed by atoms with E-state index < -0.39 is 11.6 Å². The average molecular weight is 238 g/mol. The van der Waals surface area contributed by atoms with E-state index in [-0.39, 0.29) is 22.7 Å². The van der Waals surface area contributed by atoms with Gasteiger partial charge in [-0.05, 0) is 30.4 Å². The molecule has 1 atom stereocenters. The van der Waals surface area contributed by atoms with Gasteiger partial charge >= 0.3 is 0 Å². The van der Waals surface area contributed by atoms with Crippen LogP contribution >= 0.6 is 0 Å². The van der Waals surface area contributed by atoms with E-state index in [1.807, 2.05) is 13.8 Å². The molecule has 0 radical (unpaired) electrons. The maximum atomic E-state index is 13.5. The molecule has 1 unspecified atom stereocenters. The Kier molecular flexibility index (Phi) is 3.02. The molecule has 17 heavy (non-hydrogen) atoms. The lowest BCUT2D eigenvalue weighted by atomic mass is 9.77. The number of halogens is 2. The lowest BCUT2D eigenvalue weighted by molar-refractivity contribution is 0.0834. The third kappa shape index (κ3) is 2.24. The predicted octanol–water partition coefficient (Wildman–Crippen LogP) is 3.97. The molecular weight excluding hydrogens is 222 g/mol. The molecule has 1 aromatic rings. The first-order valence-corrected chi connectivity index (χ1v) is 5.91. The first-order valence-electron chi connectivity index (χ1n) is 5.91. The second-order valence-corrected chi connectivity index (χ2v) is 5.42. The normalized spacial score (nSPS) is 22.7. The molecule has 0 aliphatic heterocycles. The van der Waals surface area contributed by atoms with Crippen LogP contribution in [0, 0.1) is 23.0 Å². The minimum Gasteiger partial charge on any atom is -0.294 e. The zero-order valence-electron chi connectivity index (χ0n) is 10.1. The van der Waals surface area contributed by atoms with E-state index in [9.17, 15) is 13.6 Å². The van der Waals surface area contributed by atoms with Gasteiger partial charge in [-0.25, -0.2) is 8.78 Å². The summed E-state index contributed by atoms with van der Waals surface area (Å²) in [5, 5.41) is 0. The molecule has 1 aromatic carbocycles. The quantitative estimate of drug-likeness (QED) is 0.712.